The van der Waals surface area contributed by atoms with Gasteiger partial charge in [-0.3, -0.25) is 0 Å². The van der Waals surface area contributed by atoms with Crippen LogP contribution >= 0.6 is 0 Å². The highest BCUT2D eigenvalue weighted by Crippen LogP contribution is 2.23. The molecule has 1 atom stereocenters. The van der Waals surface area contributed by atoms with Crippen LogP contribution < -0.4 is 9.88 Å². The Labute approximate surface area is 117 Å². The van der Waals surface area contributed by atoms with Gasteiger partial charge in [0.15, 0.2) is 0 Å². The first-order chi connectivity index (χ1) is 9.29. The van der Waals surface area contributed by atoms with Crippen molar-refractivity contribution in [3.63, 3.8) is 0 Å². The second-order valence-electron chi connectivity index (χ2n) is 4.08. The zero-order valence-corrected chi connectivity index (χ0v) is 12.3. The number of carbonyl (C=O) groups is 1. The number of methoxy groups -OCH3 is 2. The van der Waals surface area contributed by atoms with Gasteiger partial charge in [0.1, 0.15) is 17.4 Å². The van der Waals surface area contributed by atoms with Crippen molar-refractivity contribution in [1.82, 2.24) is 0 Å². The van der Waals surface area contributed by atoms with Crippen molar-refractivity contribution in [3.8, 4) is 5.75 Å². The Morgan fingerprint density at radius 3 is 2.50 bits per heavy atom. The number of sulfonamides is 1. The standard InChI is InChI=1S/C12H17NO6S/c1-8(7-17-2)19-12(14)10-6-9(20(13,15)16)4-5-11(10)18-3/h4-6,8H,7H2,1-3H3,(H2,13,15,16). The quantitative estimate of drug-likeness (QED) is 0.769. The fourth-order valence-corrected chi connectivity index (χ4v) is 2.08. The predicted molar refractivity (Wildman–Crippen MR) is 71.1 cm³/mol. The molecule has 0 heterocycles. The molecule has 7 nitrogen and oxygen atoms in total. The average Bonchev–Trinajstić information content (AvgIpc) is 2.37. The number of benzene rings is 1. The van der Waals surface area contributed by atoms with E-state index in [0.717, 1.165) is 6.07 Å². The van der Waals surface area contributed by atoms with Crippen LogP contribution in [0.1, 0.15) is 17.3 Å². The first-order valence-electron chi connectivity index (χ1n) is 5.70. The summed E-state index contributed by atoms with van der Waals surface area (Å²) in [5.41, 5.74) is -0.0121. The van der Waals surface area contributed by atoms with Crippen molar-refractivity contribution in [3.05, 3.63) is 23.8 Å². The summed E-state index contributed by atoms with van der Waals surface area (Å²) >= 11 is 0. The molecule has 1 unspecified atom stereocenters. The minimum absolute atomic E-state index is 0.0121. The summed E-state index contributed by atoms with van der Waals surface area (Å²) in [6.07, 6.45) is -0.477. The zero-order chi connectivity index (χ0) is 15.3. The third-order valence-electron chi connectivity index (χ3n) is 2.43. The van der Waals surface area contributed by atoms with Crippen LogP contribution in [0.3, 0.4) is 0 Å². The van der Waals surface area contributed by atoms with Crippen LogP contribution in [0.2, 0.25) is 0 Å². The normalized spacial score (nSPS) is 12.8. The molecule has 1 aromatic carbocycles. The van der Waals surface area contributed by atoms with E-state index in [1.807, 2.05) is 0 Å². The first-order valence-corrected chi connectivity index (χ1v) is 7.25. The summed E-state index contributed by atoms with van der Waals surface area (Å²) in [6, 6.07) is 3.72. The van der Waals surface area contributed by atoms with E-state index in [1.54, 1.807) is 6.92 Å². The van der Waals surface area contributed by atoms with Gasteiger partial charge < -0.3 is 14.2 Å². The second-order valence-corrected chi connectivity index (χ2v) is 5.64. The molecule has 0 fully saturated rings. The van der Waals surface area contributed by atoms with Crippen molar-refractivity contribution >= 4 is 16.0 Å². The molecule has 0 saturated carbocycles. The van der Waals surface area contributed by atoms with Crippen LogP contribution in [0, 0.1) is 0 Å². The smallest absolute Gasteiger partial charge is 0.342 e. The van der Waals surface area contributed by atoms with E-state index in [2.05, 4.69) is 0 Å². The number of ether oxygens (including phenoxy) is 3. The van der Waals surface area contributed by atoms with Gasteiger partial charge in [0.05, 0.1) is 18.6 Å². The Morgan fingerprint density at radius 2 is 2.00 bits per heavy atom. The fraction of sp³-hybridized carbons (Fsp3) is 0.417. The molecule has 0 aliphatic heterocycles. The molecular weight excluding hydrogens is 286 g/mol. The Hall–Kier alpha value is -1.64. The van der Waals surface area contributed by atoms with Crippen LogP contribution in [0.15, 0.2) is 23.1 Å². The van der Waals surface area contributed by atoms with E-state index >= 15 is 0 Å². The summed E-state index contributed by atoms with van der Waals surface area (Å²) in [7, 11) is -1.07. The molecule has 0 aliphatic carbocycles. The van der Waals surface area contributed by atoms with Gasteiger partial charge in [0.2, 0.25) is 10.0 Å². The predicted octanol–water partition coefficient (Wildman–Crippen LogP) is 0.534. The van der Waals surface area contributed by atoms with Gasteiger partial charge in [0.25, 0.3) is 0 Å². The van der Waals surface area contributed by atoms with Crippen LogP contribution in [0.5, 0.6) is 5.75 Å². The van der Waals surface area contributed by atoms with Gasteiger partial charge in [0, 0.05) is 7.11 Å². The summed E-state index contributed by atoms with van der Waals surface area (Å²) in [5, 5.41) is 5.03. The number of nitrogens with two attached hydrogens (primary N) is 1. The maximum atomic E-state index is 12.0. The van der Waals surface area contributed by atoms with E-state index in [1.165, 1.54) is 26.4 Å². The van der Waals surface area contributed by atoms with E-state index in [4.69, 9.17) is 19.3 Å². The van der Waals surface area contributed by atoms with E-state index in [0.29, 0.717) is 0 Å². The Kier molecular flexibility index (Phi) is 5.49. The number of esters is 1. The monoisotopic (exact) mass is 303 g/mol. The molecule has 0 spiro atoms. The summed E-state index contributed by atoms with van der Waals surface area (Å²) in [6.45, 7) is 1.88. The second kappa shape index (κ2) is 6.69. The highest BCUT2D eigenvalue weighted by atomic mass is 32.2. The highest BCUT2D eigenvalue weighted by molar-refractivity contribution is 7.89. The van der Waals surface area contributed by atoms with Gasteiger partial charge in [-0.2, -0.15) is 0 Å². The lowest BCUT2D eigenvalue weighted by molar-refractivity contribution is 0.0117. The van der Waals surface area contributed by atoms with Gasteiger partial charge in [-0.1, -0.05) is 0 Å². The molecular formula is C12H17NO6S. The highest BCUT2D eigenvalue weighted by Gasteiger charge is 2.20. The van der Waals surface area contributed by atoms with Gasteiger partial charge in [-0.25, -0.2) is 18.4 Å². The topological polar surface area (TPSA) is 105 Å². The Balaban J connectivity index is 3.11. The molecule has 20 heavy (non-hydrogen) atoms. The number of primary sulfonamides is 1. The van der Waals surface area contributed by atoms with Crippen molar-refractivity contribution in [2.45, 2.75) is 17.9 Å². The molecule has 0 aromatic heterocycles. The average molecular weight is 303 g/mol. The summed E-state index contributed by atoms with van der Waals surface area (Å²) in [4.78, 5) is 11.8. The molecule has 1 aromatic rings. The summed E-state index contributed by atoms with van der Waals surface area (Å²) < 4.78 is 37.6. The maximum absolute atomic E-state index is 12.0. The SMILES string of the molecule is COCC(C)OC(=O)c1cc(S(N)(=O)=O)ccc1OC. The number of hydrogen-bond donors (Lipinski definition) is 1. The van der Waals surface area contributed by atoms with Crippen LogP contribution in [0.25, 0.3) is 0 Å². The number of hydrogen-bond acceptors (Lipinski definition) is 6. The minimum atomic E-state index is -3.91. The lowest BCUT2D eigenvalue weighted by Crippen LogP contribution is -2.21. The van der Waals surface area contributed by atoms with E-state index < -0.39 is 22.1 Å². The molecule has 2 N–H and O–H groups in total. The van der Waals surface area contributed by atoms with Crippen LogP contribution in [0.4, 0.5) is 0 Å². The Morgan fingerprint density at radius 1 is 1.35 bits per heavy atom. The molecule has 8 heteroatoms. The molecule has 0 bridgehead atoms. The molecule has 1 rings (SSSR count). The Bertz CT molecular complexity index is 584. The van der Waals surface area contributed by atoms with Gasteiger partial charge in [-0.05, 0) is 25.1 Å². The maximum Gasteiger partial charge on any atom is 0.342 e. The van der Waals surface area contributed by atoms with Crippen molar-refractivity contribution in [2.75, 3.05) is 20.8 Å². The van der Waals surface area contributed by atoms with Crippen LogP contribution in [-0.2, 0) is 19.5 Å². The van der Waals surface area contributed by atoms with E-state index in [9.17, 15) is 13.2 Å². The lowest BCUT2D eigenvalue weighted by atomic mass is 10.2. The number of rotatable bonds is 6. The molecule has 0 saturated heterocycles. The zero-order valence-electron chi connectivity index (χ0n) is 11.5. The summed E-state index contributed by atoms with van der Waals surface area (Å²) in [5.74, 6) is -0.510. The molecule has 0 amide bonds. The minimum Gasteiger partial charge on any atom is -0.496 e. The molecule has 0 radical (unpaired) electrons. The molecule has 0 aliphatic rings. The van der Waals surface area contributed by atoms with Crippen molar-refractivity contribution < 1.29 is 27.4 Å². The van der Waals surface area contributed by atoms with Crippen LogP contribution in [-0.4, -0.2) is 41.3 Å². The molecule has 112 valence electrons. The van der Waals surface area contributed by atoms with Gasteiger partial charge >= 0.3 is 5.97 Å². The largest absolute Gasteiger partial charge is 0.496 e. The van der Waals surface area contributed by atoms with Crippen molar-refractivity contribution in [1.29, 1.82) is 0 Å². The third-order valence-corrected chi connectivity index (χ3v) is 3.34. The van der Waals surface area contributed by atoms with Crippen molar-refractivity contribution in [2.24, 2.45) is 5.14 Å². The lowest BCUT2D eigenvalue weighted by Gasteiger charge is -2.14. The first kappa shape index (κ1) is 16.4. The third kappa shape index (κ3) is 4.19. The van der Waals surface area contributed by atoms with E-state index in [-0.39, 0.29) is 22.8 Å². The number of carbonyl (C=O) groups excluding carboxylic acids is 1. The fourth-order valence-electron chi connectivity index (χ4n) is 1.54. The van der Waals surface area contributed by atoms with Gasteiger partial charge in [-0.15, -0.1) is 0 Å².